The van der Waals surface area contributed by atoms with Crippen molar-refractivity contribution in [2.45, 2.75) is 5.82 Å². The van der Waals surface area contributed by atoms with Crippen molar-refractivity contribution in [3.05, 3.63) is 54.1 Å². The van der Waals surface area contributed by atoms with Gasteiger partial charge >= 0.3 is 102 Å². The molecule has 0 bridgehead atoms. The van der Waals surface area contributed by atoms with Gasteiger partial charge in [-0.05, 0) is 0 Å². The van der Waals surface area contributed by atoms with E-state index in [4.69, 9.17) is 5.26 Å². The third-order valence-electron chi connectivity index (χ3n) is 2.44. The van der Waals surface area contributed by atoms with E-state index in [-0.39, 0.29) is 0 Å². The maximum absolute atomic E-state index is 8.72. The van der Waals surface area contributed by atoms with Crippen molar-refractivity contribution < 1.29 is 0 Å². The Labute approximate surface area is 102 Å². The van der Waals surface area contributed by atoms with Gasteiger partial charge in [-0.25, -0.2) is 0 Å². The van der Waals surface area contributed by atoms with Gasteiger partial charge in [0.2, 0.25) is 0 Å². The molecular weight excluding hydrogens is 261 g/mol. The van der Waals surface area contributed by atoms with Crippen molar-refractivity contribution >= 4 is 19.4 Å². The summed E-state index contributed by atoms with van der Waals surface area (Å²) in [6, 6.07) is 18.4. The molecule has 0 amide bonds. The Bertz CT molecular complexity index is 506. The molecule has 16 heavy (non-hydrogen) atoms. The van der Waals surface area contributed by atoms with Gasteiger partial charge in [-0.3, -0.25) is 0 Å². The van der Waals surface area contributed by atoms with Crippen LogP contribution in [0.15, 0.2) is 48.5 Å². The van der Waals surface area contributed by atoms with Crippen LogP contribution in [0, 0.1) is 11.3 Å². The molecule has 0 N–H and O–H groups in total. The van der Waals surface area contributed by atoms with Crippen LogP contribution >= 0.6 is 0 Å². The average molecular weight is 272 g/mol. The molecule has 0 atom stereocenters. The van der Waals surface area contributed by atoms with E-state index in [9.17, 15) is 0 Å². The summed E-state index contributed by atoms with van der Waals surface area (Å²) in [4.78, 5) is 0. The van der Waals surface area contributed by atoms with Crippen LogP contribution in [0.2, 0.25) is 5.82 Å². The molecule has 0 unspecified atom stereocenters. The topological polar surface area (TPSA) is 23.8 Å². The van der Waals surface area contributed by atoms with E-state index >= 15 is 0 Å². The normalized spacial score (nSPS) is 9.75. The molecule has 1 nitrogen and oxygen atoms in total. The van der Waals surface area contributed by atoms with Gasteiger partial charge in [0.25, 0.3) is 0 Å². The van der Waals surface area contributed by atoms with Crippen LogP contribution in [0.5, 0.6) is 0 Å². The minimum absolute atomic E-state index is 0.559. The van der Waals surface area contributed by atoms with Gasteiger partial charge in [-0.2, -0.15) is 0 Å². The first-order chi connectivity index (χ1) is 7.83. The Balaban J connectivity index is 2.32. The van der Waals surface area contributed by atoms with Crippen LogP contribution in [-0.4, -0.2) is 15.0 Å². The molecule has 0 heterocycles. The summed E-state index contributed by atoms with van der Waals surface area (Å²) in [6.07, 6.45) is 0. The molecular formula is C14H11NSe. The van der Waals surface area contributed by atoms with Gasteiger partial charge < -0.3 is 0 Å². The summed E-state index contributed by atoms with van der Waals surface area (Å²) in [6.45, 7) is 0. The Kier molecular flexibility index (Phi) is 3.41. The summed E-state index contributed by atoms with van der Waals surface area (Å²) in [5.74, 6) is 2.21. The van der Waals surface area contributed by atoms with Gasteiger partial charge in [0.05, 0.1) is 0 Å². The molecule has 0 radical (unpaired) electrons. The van der Waals surface area contributed by atoms with E-state index in [1.54, 1.807) is 0 Å². The van der Waals surface area contributed by atoms with Crippen LogP contribution < -0.4 is 4.46 Å². The molecule has 0 fully saturated rings. The second-order valence-electron chi connectivity index (χ2n) is 3.42. The quantitative estimate of drug-likeness (QED) is 0.771. The molecule has 2 aromatic rings. The van der Waals surface area contributed by atoms with Gasteiger partial charge in [0.15, 0.2) is 0 Å². The van der Waals surface area contributed by atoms with Crippen molar-refractivity contribution in [1.82, 2.24) is 0 Å². The molecule has 0 aliphatic heterocycles. The predicted octanol–water partition coefficient (Wildman–Crippen LogP) is 2.60. The first-order valence-corrected chi connectivity index (χ1v) is 7.55. The molecule has 0 saturated heterocycles. The molecule has 0 aromatic heterocycles. The molecule has 2 heteroatoms. The van der Waals surface area contributed by atoms with Crippen LogP contribution in [0.4, 0.5) is 0 Å². The molecule has 0 aliphatic rings. The summed E-state index contributed by atoms with van der Waals surface area (Å²) in [7, 11) is 0. The number of hydrogen-bond donors (Lipinski definition) is 0. The van der Waals surface area contributed by atoms with E-state index in [2.05, 4.69) is 36.2 Å². The number of nitriles is 1. The first kappa shape index (κ1) is 11.0. The van der Waals surface area contributed by atoms with Crippen LogP contribution in [0.1, 0.15) is 5.56 Å². The van der Waals surface area contributed by atoms with Gasteiger partial charge in [-0.15, -0.1) is 0 Å². The van der Waals surface area contributed by atoms with E-state index in [0.29, 0.717) is 20.5 Å². The minimum atomic E-state index is 0.559. The Morgan fingerprint density at radius 3 is 1.81 bits per heavy atom. The third-order valence-corrected chi connectivity index (χ3v) is 4.00. The molecule has 2 rings (SSSR count). The van der Waals surface area contributed by atoms with Crippen LogP contribution in [0.3, 0.4) is 0 Å². The number of benzene rings is 2. The Hall–Kier alpha value is -1.55. The first-order valence-electron chi connectivity index (χ1n) is 4.98. The van der Waals surface area contributed by atoms with Crippen molar-refractivity contribution in [3.63, 3.8) is 0 Å². The molecule has 0 saturated carbocycles. The molecule has 2 aromatic carbocycles. The fourth-order valence-electron chi connectivity index (χ4n) is 1.52. The maximum atomic E-state index is 8.72. The van der Waals surface area contributed by atoms with E-state index in [1.165, 1.54) is 10.0 Å². The summed E-state index contributed by atoms with van der Waals surface area (Å²) < 4.78 is 1.41. The number of nitrogens with zero attached hydrogens (tertiary/aromatic N) is 1. The zero-order chi connectivity index (χ0) is 11.4. The zero-order valence-corrected chi connectivity index (χ0v) is 10.7. The summed E-state index contributed by atoms with van der Waals surface area (Å²) in [5, 5.41) is 8.72. The zero-order valence-electron chi connectivity index (χ0n) is 8.97. The Morgan fingerprint density at radius 1 is 0.875 bits per heavy atom. The van der Waals surface area contributed by atoms with Crippen molar-refractivity contribution in [3.8, 4) is 17.2 Å². The average Bonchev–Trinajstić information content (AvgIpc) is 2.39. The second kappa shape index (κ2) is 4.98. The predicted molar refractivity (Wildman–Crippen MR) is 67.8 cm³/mol. The molecule has 0 spiro atoms. The fraction of sp³-hybridized carbons (Fsp3) is 0.0714. The van der Waals surface area contributed by atoms with Crippen LogP contribution in [0.25, 0.3) is 11.1 Å². The number of rotatable bonds is 2. The van der Waals surface area contributed by atoms with Gasteiger partial charge in [-0.1, -0.05) is 0 Å². The fourth-order valence-corrected chi connectivity index (χ4v) is 2.38. The second-order valence-corrected chi connectivity index (χ2v) is 5.26. The van der Waals surface area contributed by atoms with E-state index in [1.807, 2.05) is 24.3 Å². The summed E-state index contributed by atoms with van der Waals surface area (Å²) >= 11 is 0.559. The third kappa shape index (κ3) is 2.33. The van der Waals surface area contributed by atoms with Crippen molar-refractivity contribution in [1.29, 1.82) is 5.26 Å². The SMILES string of the molecule is C[Se]c1ccc(-c2ccc(C#N)cc2)cc1. The van der Waals surface area contributed by atoms with Crippen molar-refractivity contribution in [2.24, 2.45) is 0 Å². The number of hydrogen-bond acceptors (Lipinski definition) is 1. The Morgan fingerprint density at radius 2 is 1.38 bits per heavy atom. The van der Waals surface area contributed by atoms with Gasteiger partial charge in [0.1, 0.15) is 0 Å². The summed E-state index contributed by atoms with van der Waals surface area (Å²) in [5.41, 5.74) is 3.07. The van der Waals surface area contributed by atoms with Crippen LogP contribution in [-0.2, 0) is 0 Å². The molecule has 0 aliphatic carbocycles. The van der Waals surface area contributed by atoms with E-state index < -0.39 is 0 Å². The van der Waals surface area contributed by atoms with Gasteiger partial charge in [0, 0.05) is 0 Å². The monoisotopic (exact) mass is 273 g/mol. The standard InChI is InChI=1S/C14H11NSe/c1-16-14-8-6-13(7-9-14)12-4-2-11(10-15)3-5-12/h2-9H,1H3. The molecule has 78 valence electrons. The van der Waals surface area contributed by atoms with Crippen molar-refractivity contribution in [2.75, 3.05) is 0 Å². The van der Waals surface area contributed by atoms with E-state index in [0.717, 1.165) is 5.56 Å².